The van der Waals surface area contributed by atoms with Gasteiger partial charge in [0, 0.05) is 12.3 Å². The molecule has 0 radical (unpaired) electrons. The van der Waals surface area contributed by atoms with E-state index in [0.717, 1.165) is 22.9 Å². The molecule has 2 aromatic heterocycles. The van der Waals surface area contributed by atoms with Gasteiger partial charge in [0.25, 0.3) is 5.56 Å². The van der Waals surface area contributed by atoms with E-state index in [4.69, 9.17) is 19.0 Å². The first kappa shape index (κ1) is 26.5. The van der Waals surface area contributed by atoms with Gasteiger partial charge in [-0.15, -0.1) is 0 Å². The van der Waals surface area contributed by atoms with Gasteiger partial charge in [-0.05, 0) is 12.1 Å². The van der Waals surface area contributed by atoms with Crippen LogP contribution in [0.3, 0.4) is 0 Å². The number of benzene rings is 1. The molecule has 19 heteroatoms. The van der Waals surface area contributed by atoms with E-state index in [-0.39, 0.29) is 16.7 Å². The molecule has 0 aliphatic carbocycles. The fourth-order valence-electron chi connectivity index (χ4n) is 3.56. The molecule has 1 fully saturated rings. The summed E-state index contributed by atoms with van der Waals surface area (Å²) in [4.78, 5) is 52.0. The lowest BCUT2D eigenvalue weighted by Gasteiger charge is -2.19. The van der Waals surface area contributed by atoms with E-state index in [1.54, 1.807) is 0 Å². The van der Waals surface area contributed by atoms with Crippen LogP contribution in [-0.4, -0.2) is 64.1 Å². The molecule has 0 amide bonds. The molecular formula is C17H18FN3O13P2. The van der Waals surface area contributed by atoms with Crippen molar-refractivity contribution in [2.24, 2.45) is 0 Å². The van der Waals surface area contributed by atoms with Crippen LogP contribution in [0.1, 0.15) is 11.9 Å². The SMILES string of the molecule is O=c1ccn([C@@H]2O[C@H](COP(=O)(O)OP(=O)(O)O)[C@H](O)C2O)c(=O)n1Cc1noc2cccc(F)c12. The Morgan fingerprint density at radius 1 is 1.11 bits per heavy atom. The fraction of sp³-hybridized carbons (Fsp3) is 0.353. The van der Waals surface area contributed by atoms with Crippen LogP contribution in [0.5, 0.6) is 0 Å². The summed E-state index contributed by atoms with van der Waals surface area (Å²) < 4.78 is 56.3. The fourth-order valence-corrected chi connectivity index (χ4v) is 5.16. The van der Waals surface area contributed by atoms with Gasteiger partial charge in [0.1, 0.15) is 29.8 Å². The molecule has 3 heterocycles. The Bertz CT molecular complexity index is 1500. The number of halogens is 1. The summed E-state index contributed by atoms with van der Waals surface area (Å²) in [5.41, 5.74) is -1.85. The first-order chi connectivity index (χ1) is 16.8. The summed E-state index contributed by atoms with van der Waals surface area (Å²) in [6.07, 6.45) is -5.84. The van der Waals surface area contributed by atoms with Gasteiger partial charge >= 0.3 is 21.3 Å². The summed E-state index contributed by atoms with van der Waals surface area (Å²) in [7, 11) is -10.7. The second kappa shape index (κ2) is 9.72. The smallest absolute Gasteiger partial charge is 0.387 e. The Morgan fingerprint density at radius 3 is 2.53 bits per heavy atom. The Kier molecular flexibility index (Phi) is 7.15. The van der Waals surface area contributed by atoms with Gasteiger partial charge in [-0.2, -0.15) is 4.31 Å². The molecular weight excluding hydrogens is 535 g/mol. The lowest BCUT2D eigenvalue weighted by molar-refractivity contribution is -0.0547. The monoisotopic (exact) mass is 553 g/mol. The van der Waals surface area contributed by atoms with Crippen LogP contribution >= 0.6 is 15.6 Å². The van der Waals surface area contributed by atoms with Crippen LogP contribution in [0.25, 0.3) is 11.0 Å². The largest absolute Gasteiger partial charge is 0.481 e. The lowest BCUT2D eigenvalue weighted by Crippen LogP contribution is -2.43. The van der Waals surface area contributed by atoms with E-state index in [2.05, 4.69) is 14.0 Å². The molecule has 36 heavy (non-hydrogen) atoms. The Balaban J connectivity index is 1.58. The summed E-state index contributed by atoms with van der Waals surface area (Å²) >= 11 is 0. The number of hydrogen-bond acceptors (Lipinski definition) is 11. The molecule has 3 aromatic rings. The quantitative estimate of drug-likeness (QED) is 0.215. The maximum atomic E-state index is 14.2. The van der Waals surface area contributed by atoms with Crippen LogP contribution in [0, 0.1) is 5.82 Å². The van der Waals surface area contributed by atoms with E-state index < -0.39 is 70.4 Å². The van der Waals surface area contributed by atoms with Crippen molar-refractivity contribution in [2.75, 3.05) is 6.61 Å². The normalized spacial score (nSPS) is 24.3. The highest BCUT2D eigenvalue weighted by Crippen LogP contribution is 2.57. The van der Waals surface area contributed by atoms with Crippen molar-refractivity contribution in [3.63, 3.8) is 0 Å². The predicted octanol–water partition coefficient (Wildman–Crippen LogP) is -0.816. The van der Waals surface area contributed by atoms with Gasteiger partial charge in [-0.25, -0.2) is 18.3 Å². The van der Waals surface area contributed by atoms with E-state index in [1.807, 2.05) is 0 Å². The van der Waals surface area contributed by atoms with E-state index >= 15 is 0 Å². The standard InChI is InChI=1S/C17H18FN3O13P2/c18-8-2-1-3-10-13(8)9(19-33-10)6-21-12(22)4-5-20(17(21)25)16-15(24)14(23)11(32-16)7-31-36(29,30)34-35(26,27)28/h1-5,11,14-16,23-24H,6-7H2,(H,29,30)(H2,26,27,28)/t11-,14+,15?,16-/m1/s1. The van der Waals surface area contributed by atoms with E-state index in [1.165, 1.54) is 12.1 Å². The van der Waals surface area contributed by atoms with Gasteiger partial charge in [0.2, 0.25) is 0 Å². The summed E-state index contributed by atoms with van der Waals surface area (Å²) in [6.45, 7) is -1.50. The van der Waals surface area contributed by atoms with Crippen LogP contribution < -0.4 is 11.2 Å². The van der Waals surface area contributed by atoms with Crippen molar-refractivity contribution in [2.45, 2.75) is 31.1 Å². The Labute approximate surface area is 198 Å². The first-order valence-corrected chi connectivity index (χ1v) is 12.9. The molecule has 16 nitrogen and oxygen atoms in total. The molecule has 0 bridgehead atoms. The minimum atomic E-state index is -5.40. The molecule has 0 spiro atoms. The average molecular weight is 553 g/mol. The third-order valence-electron chi connectivity index (χ3n) is 5.14. The van der Waals surface area contributed by atoms with Crippen molar-refractivity contribution < 1.29 is 56.5 Å². The van der Waals surface area contributed by atoms with Gasteiger partial charge in [0.05, 0.1) is 18.5 Å². The molecule has 5 N–H and O–H groups in total. The van der Waals surface area contributed by atoms with Crippen LogP contribution in [0.2, 0.25) is 0 Å². The number of aromatic nitrogens is 3. The Hall–Kier alpha value is -2.56. The summed E-state index contributed by atoms with van der Waals surface area (Å²) in [5.74, 6) is -0.697. The second-order valence-corrected chi connectivity index (χ2v) is 10.4. The third kappa shape index (κ3) is 5.40. The van der Waals surface area contributed by atoms with Crippen molar-refractivity contribution in [3.8, 4) is 0 Å². The van der Waals surface area contributed by atoms with Crippen LogP contribution in [0.4, 0.5) is 4.39 Å². The molecule has 1 aliphatic heterocycles. The van der Waals surface area contributed by atoms with Crippen molar-refractivity contribution in [1.29, 1.82) is 0 Å². The molecule has 4 rings (SSSR count). The molecule has 2 unspecified atom stereocenters. The molecule has 5 atom stereocenters. The highest BCUT2D eigenvalue weighted by atomic mass is 31.3. The molecule has 0 saturated carbocycles. The topological polar surface area (TPSA) is 233 Å². The number of hydrogen-bond donors (Lipinski definition) is 5. The lowest BCUT2D eigenvalue weighted by atomic mass is 10.1. The van der Waals surface area contributed by atoms with Gasteiger partial charge in [-0.3, -0.25) is 18.5 Å². The molecule has 1 saturated heterocycles. The van der Waals surface area contributed by atoms with Crippen molar-refractivity contribution >= 4 is 26.6 Å². The second-order valence-electron chi connectivity index (χ2n) is 7.56. The predicted molar refractivity (Wildman–Crippen MR) is 113 cm³/mol. The molecule has 1 aliphatic rings. The van der Waals surface area contributed by atoms with Gasteiger partial charge in [0.15, 0.2) is 11.8 Å². The minimum absolute atomic E-state index is 0.0463. The zero-order chi connectivity index (χ0) is 26.4. The highest BCUT2D eigenvalue weighted by molar-refractivity contribution is 7.60. The molecule has 1 aromatic carbocycles. The number of phosphoric ester groups is 1. The zero-order valence-corrected chi connectivity index (χ0v) is 19.5. The van der Waals surface area contributed by atoms with E-state index in [9.17, 15) is 38.2 Å². The number of rotatable bonds is 8. The number of ether oxygens (including phenoxy) is 1. The maximum absolute atomic E-state index is 14.2. The van der Waals surface area contributed by atoms with Crippen LogP contribution in [-0.2, 0) is 29.2 Å². The number of aliphatic hydroxyl groups excluding tert-OH is 2. The van der Waals surface area contributed by atoms with Crippen LogP contribution in [0.15, 0.2) is 44.6 Å². The summed E-state index contributed by atoms with van der Waals surface area (Å²) in [6, 6.07) is 4.88. The van der Waals surface area contributed by atoms with E-state index in [0.29, 0.717) is 4.57 Å². The van der Waals surface area contributed by atoms with Gasteiger partial charge < -0.3 is 34.2 Å². The Morgan fingerprint density at radius 2 is 1.83 bits per heavy atom. The molecule has 196 valence electrons. The highest BCUT2D eigenvalue weighted by Gasteiger charge is 2.46. The average Bonchev–Trinajstić information content (AvgIpc) is 3.30. The minimum Gasteiger partial charge on any atom is -0.387 e. The number of fused-ring (bicyclic) bond motifs is 1. The third-order valence-corrected chi connectivity index (χ3v) is 7.30. The van der Waals surface area contributed by atoms with Crippen molar-refractivity contribution in [3.05, 3.63) is 62.8 Å². The maximum Gasteiger partial charge on any atom is 0.481 e. The zero-order valence-electron chi connectivity index (χ0n) is 17.7. The van der Waals surface area contributed by atoms with Crippen molar-refractivity contribution in [1.82, 2.24) is 14.3 Å². The number of phosphoric acid groups is 2. The number of aliphatic hydroxyl groups is 2. The summed E-state index contributed by atoms with van der Waals surface area (Å²) in [5, 5.41) is 24.2. The first-order valence-electron chi connectivity index (χ1n) is 9.88. The number of nitrogens with zero attached hydrogens (tertiary/aromatic N) is 3. The van der Waals surface area contributed by atoms with Gasteiger partial charge in [-0.1, -0.05) is 11.2 Å².